The Hall–Kier alpha value is -0.780. The molecule has 0 aliphatic rings. The van der Waals surface area contributed by atoms with Crippen molar-refractivity contribution >= 4 is 15.8 Å². The summed E-state index contributed by atoms with van der Waals surface area (Å²) in [4.78, 5) is 4.48. The van der Waals surface area contributed by atoms with Crippen LogP contribution in [0.15, 0.2) is 4.99 Å². The summed E-state index contributed by atoms with van der Waals surface area (Å²) in [5.41, 5.74) is 0. The van der Waals surface area contributed by atoms with Crippen LogP contribution in [0, 0.1) is 0 Å². The van der Waals surface area contributed by atoms with Crippen LogP contribution in [-0.4, -0.2) is 45.5 Å². The third-order valence-corrected chi connectivity index (χ3v) is 3.66. The molecule has 1 atom stereocenters. The second-order valence-electron chi connectivity index (χ2n) is 4.93. The lowest BCUT2D eigenvalue weighted by atomic mass is 10.2. The van der Waals surface area contributed by atoms with Crippen molar-refractivity contribution in [2.24, 2.45) is 4.99 Å². The minimum atomic E-state index is -2.89. The molecule has 0 aromatic carbocycles. The van der Waals surface area contributed by atoms with Crippen molar-refractivity contribution < 1.29 is 8.42 Å². The summed E-state index contributed by atoms with van der Waals surface area (Å²) in [6.07, 6.45) is 5.32. The largest absolute Gasteiger partial charge is 0.357 e. The second kappa shape index (κ2) is 10.1. The Labute approximate surface area is 118 Å². The van der Waals surface area contributed by atoms with Crippen LogP contribution in [0.25, 0.3) is 0 Å². The molecule has 0 saturated carbocycles. The van der Waals surface area contributed by atoms with Crippen LogP contribution >= 0.6 is 0 Å². The van der Waals surface area contributed by atoms with Gasteiger partial charge in [-0.15, -0.1) is 0 Å². The van der Waals surface area contributed by atoms with Gasteiger partial charge in [0.15, 0.2) is 5.96 Å². The van der Waals surface area contributed by atoms with Gasteiger partial charge in [0.05, 0.1) is 5.75 Å². The number of nitrogens with zero attached hydrogens (tertiary/aromatic N) is 1. The topological polar surface area (TPSA) is 70.6 Å². The van der Waals surface area contributed by atoms with E-state index in [1.165, 1.54) is 19.1 Å². The summed E-state index contributed by atoms with van der Waals surface area (Å²) < 4.78 is 22.2. The number of sulfone groups is 1. The quantitative estimate of drug-likeness (QED) is 0.384. The van der Waals surface area contributed by atoms with Crippen molar-refractivity contribution in [1.29, 1.82) is 0 Å². The second-order valence-corrected chi connectivity index (χ2v) is 7.19. The standard InChI is InChI=1S/C13H29N3O2S/c1-5-7-8-10-15-13(14-6-2)16-12(3)9-11-19(4,17)18/h12H,5-11H2,1-4H3,(H2,14,15,16). The van der Waals surface area contributed by atoms with Crippen LogP contribution in [0.5, 0.6) is 0 Å². The molecule has 5 nitrogen and oxygen atoms in total. The number of rotatable bonds is 9. The molecule has 0 radical (unpaired) electrons. The molecule has 0 bridgehead atoms. The predicted molar refractivity (Wildman–Crippen MR) is 82.4 cm³/mol. The molecule has 19 heavy (non-hydrogen) atoms. The third-order valence-electron chi connectivity index (χ3n) is 2.68. The van der Waals surface area contributed by atoms with Crippen LogP contribution in [0.1, 0.15) is 46.5 Å². The number of guanidine groups is 1. The van der Waals surface area contributed by atoms with Crippen molar-refractivity contribution in [3.63, 3.8) is 0 Å². The Morgan fingerprint density at radius 2 is 1.95 bits per heavy atom. The van der Waals surface area contributed by atoms with Crippen molar-refractivity contribution in [1.82, 2.24) is 10.6 Å². The lowest BCUT2D eigenvalue weighted by Crippen LogP contribution is -2.42. The lowest BCUT2D eigenvalue weighted by Gasteiger charge is -2.17. The van der Waals surface area contributed by atoms with E-state index in [0.717, 1.165) is 25.5 Å². The minimum absolute atomic E-state index is 0.0960. The van der Waals surface area contributed by atoms with Gasteiger partial charge in [-0.3, -0.25) is 4.99 Å². The maximum absolute atomic E-state index is 11.1. The van der Waals surface area contributed by atoms with Crippen molar-refractivity contribution in [3.8, 4) is 0 Å². The first-order chi connectivity index (χ1) is 8.89. The monoisotopic (exact) mass is 291 g/mol. The summed E-state index contributed by atoms with van der Waals surface area (Å²) in [7, 11) is -2.89. The molecule has 0 saturated heterocycles. The van der Waals surface area contributed by atoms with Gasteiger partial charge in [-0.25, -0.2) is 8.42 Å². The van der Waals surface area contributed by atoms with E-state index in [1.54, 1.807) is 0 Å². The molecule has 0 spiro atoms. The smallest absolute Gasteiger partial charge is 0.191 e. The number of hydrogen-bond donors (Lipinski definition) is 2. The van der Waals surface area contributed by atoms with Gasteiger partial charge in [0, 0.05) is 25.4 Å². The highest BCUT2D eigenvalue weighted by molar-refractivity contribution is 7.90. The van der Waals surface area contributed by atoms with Crippen LogP contribution in [0.3, 0.4) is 0 Å². The van der Waals surface area contributed by atoms with E-state index in [0.29, 0.717) is 6.42 Å². The Bertz CT molecular complexity index is 353. The van der Waals surface area contributed by atoms with Crippen molar-refractivity contribution in [2.75, 3.05) is 25.1 Å². The highest BCUT2D eigenvalue weighted by Crippen LogP contribution is 1.97. The Morgan fingerprint density at radius 3 is 2.47 bits per heavy atom. The first-order valence-corrected chi connectivity index (χ1v) is 9.17. The van der Waals surface area contributed by atoms with Gasteiger partial charge >= 0.3 is 0 Å². The molecule has 0 aliphatic carbocycles. The van der Waals surface area contributed by atoms with Crippen molar-refractivity contribution in [3.05, 3.63) is 0 Å². The molecular weight excluding hydrogens is 262 g/mol. The van der Waals surface area contributed by atoms with E-state index in [4.69, 9.17) is 0 Å². The van der Waals surface area contributed by atoms with Gasteiger partial charge in [0.1, 0.15) is 9.84 Å². The van der Waals surface area contributed by atoms with Gasteiger partial charge in [-0.1, -0.05) is 19.8 Å². The average molecular weight is 291 g/mol. The number of unbranched alkanes of at least 4 members (excludes halogenated alkanes) is 2. The average Bonchev–Trinajstić information content (AvgIpc) is 2.31. The first kappa shape index (κ1) is 18.2. The zero-order valence-electron chi connectivity index (χ0n) is 12.7. The van der Waals surface area contributed by atoms with Gasteiger partial charge in [0.2, 0.25) is 0 Å². The molecule has 0 aliphatic heterocycles. The van der Waals surface area contributed by atoms with Crippen LogP contribution in [0.4, 0.5) is 0 Å². The van der Waals surface area contributed by atoms with Gasteiger partial charge < -0.3 is 10.6 Å². The molecule has 0 amide bonds. The van der Waals surface area contributed by atoms with Crippen LogP contribution in [-0.2, 0) is 9.84 Å². The summed E-state index contributed by atoms with van der Waals surface area (Å²) in [6, 6.07) is 0.0960. The fourth-order valence-electron chi connectivity index (χ4n) is 1.57. The summed E-state index contributed by atoms with van der Waals surface area (Å²) in [5, 5.41) is 6.42. The lowest BCUT2D eigenvalue weighted by molar-refractivity contribution is 0.581. The molecule has 2 N–H and O–H groups in total. The highest BCUT2D eigenvalue weighted by Gasteiger charge is 2.09. The summed E-state index contributed by atoms with van der Waals surface area (Å²) in [5.74, 6) is 0.982. The number of aliphatic imine (C=N–C) groups is 1. The molecule has 114 valence electrons. The van der Waals surface area contributed by atoms with Crippen LogP contribution < -0.4 is 10.6 Å². The predicted octanol–water partition coefficient (Wildman–Crippen LogP) is 1.55. The van der Waals surface area contributed by atoms with Gasteiger partial charge in [0.25, 0.3) is 0 Å². The number of nitrogens with one attached hydrogen (secondary N) is 2. The Morgan fingerprint density at radius 1 is 1.26 bits per heavy atom. The summed E-state index contributed by atoms with van der Waals surface area (Å²) >= 11 is 0. The minimum Gasteiger partial charge on any atom is -0.357 e. The zero-order chi connectivity index (χ0) is 14.7. The van der Waals surface area contributed by atoms with E-state index in [9.17, 15) is 8.42 Å². The van der Waals surface area contributed by atoms with Gasteiger partial charge in [-0.2, -0.15) is 0 Å². The fraction of sp³-hybridized carbons (Fsp3) is 0.923. The maximum Gasteiger partial charge on any atom is 0.191 e. The molecule has 0 aromatic heterocycles. The van der Waals surface area contributed by atoms with E-state index in [-0.39, 0.29) is 11.8 Å². The molecule has 0 rings (SSSR count). The number of hydrogen-bond acceptors (Lipinski definition) is 3. The molecule has 0 aromatic rings. The van der Waals surface area contributed by atoms with E-state index in [1.807, 2.05) is 13.8 Å². The third kappa shape index (κ3) is 12.0. The van der Waals surface area contributed by atoms with Crippen molar-refractivity contribution in [2.45, 2.75) is 52.5 Å². The Balaban J connectivity index is 4.16. The SMILES string of the molecule is CCCCCN=C(NCC)NC(C)CCS(C)(=O)=O. The maximum atomic E-state index is 11.1. The fourth-order valence-corrected chi connectivity index (χ4v) is 2.35. The normalized spacial score (nSPS) is 14.2. The zero-order valence-corrected chi connectivity index (χ0v) is 13.5. The highest BCUT2D eigenvalue weighted by atomic mass is 32.2. The van der Waals surface area contributed by atoms with Crippen LogP contribution in [0.2, 0.25) is 0 Å². The molecule has 0 fully saturated rings. The van der Waals surface area contributed by atoms with E-state index < -0.39 is 9.84 Å². The Kier molecular flexibility index (Phi) is 9.65. The van der Waals surface area contributed by atoms with Gasteiger partial charge in [-0.05, 0) is 26.7 Å². The first-order valence-electron chi connectivity index (χ1n) is 7.11. The molecule has 0 heterocycles. The van der Waals surface area contributed by atoms with E-state index in [2.05, 4.69) is 22.5 Å². The molecule has 6 heteroatoms. The summed E-state index contributed by atoms with van der Waals surface area (Å²) in [6.45, 7) is 7.77. The molecular formula is C13H29N3O2S. The molecule has 1 unspecified atom stereocenters. The van der Waals surface area contributed by atoms with E-state index >= 15 is 0 Å².